The van der Waals surface area contributed by atoms with Crippen molar-refractivity contribution in [3.63, 3.8) is 0 Å². The van der Waals surface area contributed by atoms with Crippen LogP contribution in [0.15, 0.2) is 0 Å². The molecule has 0 aromatic heterocycles. The minimum Gasteiger partial charge on any atom is -0.466 e. The number of hydrogen-bond acceptors (Lipinski definition) is 3. The van der Waals surface area contributed by atoms with Gasteiger partial charge in [-0.05, 0) is 20.3 Å². The number of amides is 1. The summed E-state index contributed by atoms with van der Waals surface area (Å²) in [6.07, 6.45) is 1.03. The van der Waals surface area contributed by atoms with Crippen molar-refractivity contribution in [3.8, 4) is 0 Å². The van der Waals surface area contributed by atoms with E-state index in [1.165, 1.54) is 0 Å². The second-order valence-corrected chi connectivity index (χ2v) is 3.25. The van der Waals surface area contributed by atoms with Crippen LogP contribution in [0.3, 0.4) is 0 Å². The van der Waals surface area contributed by atoms with Gasteiger partial charge in [-0.2, -0.15) is 0 Å². The number of nitrogens with one attached hydrogen (secondary N) is 1. The topological polar surface area (TPSA) is 55.4 Å². The summed E-state index contributed by atoms with van der Waals surface area (Å²) in [5, 5.41) is 2.73. The van der Waals surface area contributed by atoms with E-state index in [1.807, 2.05) is 6.92 Å². The van der Waals surface area contributed by atoms with E-state index in [9.17, 15) is 9.59 Å². The highest BCUT2D eigenvalue weighted by Crippen LogP contribution is 2.18. The summed E-state index contributed by atoms with van der Waals surface area (Å²) in [7, 11) is 0. The summed E-state index contributed by atoms with van der Waals surface area (Å²) in [6, 6.07) is -0.0969. The number of esters is 1. The zero-order valence-corrected chi connectivity index (χ0v) is 8.00. The Labute approximate surface area is 77.6 Å². The lowest BCUT2D eigenvalue weighted by atomic mass is 9.92. The third-order valence-corrected chi connectivity index (χ3v) is 2.26. The van der Waals surface area contributed by atoms with Crippen molar-refractivity contribution in [1.29, 1.82) is 0 Å². The van der Waals surface area contributed by atoms with Crippen LogP contribution < -0.4 is 5.32 Å². The summed E-state index contributed by atoms with van der Waals surface area (Å²) >= 11 is 0. The first-order valence-electron chi connectivity index (χ1n) is 4.61. The van der Waals surface area contributed by atoms with Gasteiger partial charge in [0.25, 0.3) is 0 Å². The van der Waals surface area contributed by atoms with Crippen LogP contribution in [0.4, 0.5) is 0 Å². The van der Waals surface area contributed by atoms with Crippen molar-refractivity contribution < 1.29 is 14.3 Å². The van der Waals surface area contributed by atoms with Crippen LogP contribution in [0.1, 0.15) is 26.7 Å². The largest absolute Gasteiger partial charge is 0.466 e. The summed E-state index contributed by atoms with van der Waals surface area (Å²) in [5.74, 6) is -0.347. The van der Waals surface area contributed by atoms with Crippen LogP contribution in [-0.2, 0) is 14.3 Å². The first-order valence-corrected chi connectivity index (χ1v) is 4.61. The summed E-state index contributed by atoms with van der Waals surface area (Å²) in [5.41, 5.74) is 0. The molecule has 0 saturated carbocycles. The highest BCUT2D eigenvalue weighted by atomic mass is 16.5. The lowest BCUT2D eigenvalue weighted by molar-refractivity contribution is -0.150. The molecule has 1 heterocycles. The number of carbonyl (C=O) groups is 2. The molecule has 1 fully saturated rings. The third kappa shape index (κ3) is 2.44. The minimum absolute atomic E-state index is 0.0213. The zero-order valence-electron chi connectivity index (χ0n) is 8.00. The molecule has 0 spiro atoms. The van der Waals surface area contributed by atoms with Gasteiger partial charge in [-0.15, -0.1) is 0 Å². The Morgan fingerprint density at radius 1 is 1.69 bits per heavy atom. The molecule has 0 bridgehead atoms. The zero-order chi connectivity index (χ0) is 9.84. The Hall–Kier alpha value is -1.06. The molecule has 4 nitrogen and oxygen atoms in total. The van der Waals surface area contributed by atoms with Crippen molar-refractivity contribution in [3.05, 3.63) is 0 Å². The summed E-state index contributed by atoms with van der Waals surface area (Å²) < 4.78 is 4.90. The molecule has 2 atom stereocenters. The minimum atomic E-state index is -0.199. The molecular formula is C9H15NO3. The molecule has 0 aliphatic carbocycles. The van der Waals surface area contributed by atoms with E-state index >= 15 is 0 Å². The van der Waals surface area contributed by atoms with Gasteiger partial charge in [-0.3, -0.25) is 9.59 Å². The number of ether oxygens (including phenoxy) is 1. The molecule has 0 aromatic carbocycles. The van der Waals surface area contributed by atoms with Crippen molar-refractivity contribution in [2.75, 3.05) is 6.61 Å². The highest BCUT2D eigenvalue weighted by molar-refractivity contribution is 5.81. The average Bonchev–Trinajstić information content (AvgIpc) is 2.04. The van der Waals surface area contributed by atoms with E-state index < -0.39 is 0 Å². The van der Waals surface area contributed by atoms with Gasteiger partial charge in [-0.1, -0.05) is 0 Å². The molecule has 0 unspecified atom stereocenters. The second-order valence-electron chi connectivity index (χ2n) is 3.25. The first-order chi connectivity index (χ1) is 6.15. The van der Waals surface area contributed by atoms with E-state index in [2.05, 4.69) is 5.32 Å². The van der Waals surface area contributed by atoms with E-state index in [4.69, 9.17) is 4.74 Å². The average molecular weight is 185 g/mol. The Morgan fingerprint density at radius 3 is 2.92 bits per heavy atom. The fraction of sp³-hybridized carbons (Fsp3) is 0.778. The standard InChI is InChI=1S/C9H15NO3/c1-3-13-9(12)7-4-5-8(11)10-6(7)2/h6-7H,3-5H2,1-2H3,(H,10,11)/t6-,7-/m1/s1. The molecule has 1 saturated heterocycles. The van der Waals surface area contributed by atoms with E-state index in [1.54, 1.807) is 6.92 Å². The SMILES string of the molecule is CCOC(=O)[C@@H]1CCC(=O)N[C@@H]1C. The fourth-order valence-electron chi connectivity index (χ4n) is 1.53. The molecule has 1 rings (SSSR count). The molecule has 0 radical (unpaired) electrons. The van der Waals surface area contributed by atoms with Crippen LogP contribution in [-0.4, -0.2) is 24.5 Å². The molecule has 74 valence electrons. The van der Waals surface area contributed by atoms with Crippen LogP contribution in [0.5, 0.6) is 0 Å². The number of piperidine rings is 1. The van der Waals surface area contributed by atoms with Gasteiger partial charge >= 0.3 is 5.97 Å². The van der Waals surface area contributed by atoms with Crippen LogP contribution in [0.25, 0.3) is 0 Å². The van der Waals surface area contributed by atoms with E-state index in [0.717, 1.165) is 0 Å². The predicted molar refractivity (Wildman–Crippen MR) is 47.0 cm³/mol. The first kappa shape index (κ1) is 10.0. The lowest BCUT2D eigenvalue weighted by Gasteiger charge is -2.27. The number of rotatable bonds is 2. The number of hydrogen-bond donors (Lipinski definition) is 1. The van der Waals surface area contributed by atoms with Gasteiger partial charge in [0.1, 0.15) is 0 Å². The second kappa shape index (κ2) is 4.25. The van der Waals surface area contributed by atoms with E-state index in [-0.39, 0.29) is 23.8 Å². The third-order valence-electron chi connectivity index (χ3n) is 2.26. The molecule has 1 aliphatic heterocycles. The van der Waals surface area contributed by atoms with Gasteiger partial charge in [0, 0.05) is 12.5 Å². The predicted octanol–water partition coefficient (Wildman–Crippen LogP) is 0.464. The molecule has 13 heavy (non-hydrogen) atoms. The van der Waals surface area contributed by atoms with Crippen molar-refractivity contribution >= 4 is 11.9 Å². The maximum absolute atomic E-state index is 11.3. The fourth-order valence-corrected chi connectivity index (χ4v) is 1.53. The smallest absolute Gasteiger partial charge is 0.311 e. The highest BCUT2D eigenvalue weighted by Gasteiger charge is 2.31. The van der Waals surface area contributed by atoms with E-state index in [0.29, 0.717) is 19.4 Å². The normalized spacial score (nSPS) is 28.0. The van der Waals surface area contributed by atoms with Crippen molar-refractivity contribution in [2.24, 2.45) is 5.92 Å². The Bertz CT molecular complexity index is 215. The van der Waals surface area contributed by atoms with Gasteiger partial charge in [-0.25, -0.2) is 0 Å². The summed E-state index contributed by atoms with van der Waals surface area (Å²) in [4.78, 5) is 22.3. The molecule has 4 heteroatoms. The van der Waals surface area contributed by atoms with Crippen LogP contribution in [0.2, 0.25) is 0 Å². The Morgan fingerprint density at radius 2 is 2.38 bits per heavy atom. The van der Waals surface area contributed by atoms with Gasteiger partial charge < -0.3 is 10.1 Å². The quantitative estimate of drug-likeness (QED) is 0.636. The lowest BCUT2D eigenvalue weighted by Crippen LogP contribution is -2.46. The molecule has 0 aromatic rings. The van der Waals surface area contributed by atoms with Crippen LogP contribution in [0, 0.1) is 5.92 Å². The molecule has 1 amide bonds. The maximum Gasteiger partial charge on any atom is 0.311 e. The van der Waals surface area contributed by atoms with Crippen molar-refractivity contribution in [2.45, 2.75) is 32.7 Å². The Kier molecular flexibility index (Phi) is 3.28. The van der Waals surface area contributed by atoms with Gasteiger partial charge in [0.05, 0.1) is 12.5 Å². The monoisotopic (exact) mass is 185 g/mol. The maximum atomic E-state index is 11.3. The molecule has 1 aliphatic rings. The number of carbonyl (C=O) groups excluding carboxylic acids is 2. The summed E-state index contributed by atoms with van der Waals surface area (Å²) in [6.45, 7) is 4.01. The van der Waals surface area contributed by atoms with Crippen LogP contribution >= 0.6 is 0 Å². The van der Waals surface area contributed by atoms with Crippen molar-refractivity contribution in [1.82, 2.24) is 5.32 Å². The van der Waals surface area contributed by atoms with Gasteiger partial charge in [0.15, 0.2) is 0 Å². The Balaban J connectivity index is 2.50. The molecular weight excluding hydrogens is 170 g/mol. The molecule has 1 N–H and O–H groups in total. The van der Waals surface area contributed by atoms with Gasteiger partial charge in [0.2, 0.25) is 5.91 Å².